The quantitative estimate of drug-likeness (QED) is 0.352. The molecule has 0 atom stereocenters. The first-order valence-electron chi connectivity index (χ1n) is 13.9. The molecule has 0 unspecified atom stereocenters. The molecule has 5 heteroatoms. The summed E-state index contributed by atoms with van der Waals surface area (Å²) in [4.78, 5) is 27.3. The van der Waals surface area contributed by atoms with Gasteiger partial charge in [-0.1, -0.05) is 70.5 Å². The van der Waals surface area contributed by atoms with E-state index in [9.17, 15) is 9.59 Å². The van der Waals surface area contributed by atoms with Gasteiger partial charge in [0.15, 0.2) is 0 Å². The van der Waals surface area contributed by atoms with Crippen LogP contribution in [0.1, 0.15) is 80.8 Å². The lowest BCUT2D eigenvalue weighted by Gasteiger charge is -2.22. The summed E-state index contributed by atoms with van der Waals surface area (Å²) in [5, 5.41) is 1.18. The molecule has 5 rings (SSSR count). The van der Waals surface area contributed by atoms with Gasteiger partial charge in [-0.3, -0.25) is 9.59 Å². The van der Waals surface area contributed by atoms with Crippen molar-refractivity contribution in [3.05, 3.63) is 64.7 Å². The van der Waals surface area contributed by atoms with Gasteiger partial charge in [-0.15, -0.1) is 0 Å². The minimum atomic E-state index is 0.0747. The maximum atomic E-state index is 13.7. The highest BCUT2D eigenvalue weighted by Crippen LogP contribution is 2.44. The van der Waals surface area contributed by atoms with E-state index in [0.29, 0.717) is 44.3 Å². The molecule has 2 aromatic carbocycles. The van der Waals surface area contributed by atoms with Crippen LogP contribution < -0.4 is 0 Å². The summed E-state index contributed by atoms with van der Waals surface area (Å²) in [6.45, 7) is 11.8. The molecule has 1 amide bonds. The van der Waals surface area contributed by atoms with Gasteiger partial charge in [0.2, 0.25) is 0 Å². The molecule has 0 N–H and O–H groups in total. The van der Waals surface area contributed by atoms with Crippen LogP contribution in [-0.2, 0) is 16.1 Å². The van der Waals surface area contributed by atoms with E-state index in [1.165, 1.54) is 23.1 Å². The second-order valence-electron chi connectivity index (χ2n) is 9.98. The second kappa shape index (κ2) is 12.4. The third-order valence-corrected chi connectivity index (χ3v) is 7.32. The van der Waals surface area contributed by atoms with E-state index in [1.54, 1.807) is 0 Å². The van der Waals surface area contributed by atoms with Crippen LogP contribution in [0.2, 0.25) is 0 Å². The molecule has 0 bridgehead atoms. The molecule has 5 nitrogen and oxygen atoms in total. The summed E-state index contributed by atoms with van der Waals surface area (Å²) in [5.41, 5.74) is 7.18. The van der Waals surface area contributed by atoms with Gasteiger partial charge in [0.05, 0.1) is 18.8 Å². The highest BCUT2D eigenvalue weighted by atomic mass is 16.5. The van der Waals surface area contributed by atoms with Gasteiger partial charge >= 0.3 is 0 Å². The fraction of sp³-hybridized carbons (Fsp3) is 0.438. The molecule has 1 saturated heterocycles. The van der Waals surface area contributed by atoms with E-state index < -0.39 is 0 Å². The van der Waals surface area contributed by atoms with Crippen molar-refractivity contribution in [1.82, 2.24) is 9.47 Å². The average molecular weight is 501 g/mol. The standard InChI is InChI=1S/C29H32N2O3.C3H8/c1-3-21(4-2)27-25-11-10-20(19-32)16-26(25)31-18-23(29(33)30-12-7-14-34-15-13-30)17-22-8-5-6-9-24(22)28(27)31;1-3-2/h5-6,8-11,16-17,19,21H,3-4,7,12-15,18H2,1-2H3;3H2,1-2H3. The highest BCUT2D eigenvalue weighted by molar-refractivity contribution is 6.02. The summed E-state index contributed by atoms with van der Waals surface area (Å²) in [5.74, 6) is 0.472. The molecule has 3 aromatic rings. The summed E-state index contributed by atoms with van der Waals surface area (Å²) < 4.78 is 7.86. The number of hydrogen-bond acceptors (Lipinski definition) is 3. The molecular formula is C32H40N2O3. The van der Waals surface area contributed by atoms with Gasteiger partial charge in [0.1, 0.15) is 6.29 Å². The van der Waals surface area contributed by atoms with Crippen molar-refractivity contribution in [2.45, 2.75) is 65.8 Å². The Kier molecular flexibility index (Phi) is 8.99. The normalized spacial score (nSPS) is 15.2. The number of hydrogen-bond donors (Lipinski definition) is 0. The van der Waals surface area contributed by atoms with E-state index in [-0.39, 0.29) is 5.91 Å². The number of amides is 1. The Morgan fingerprint density at radius 2 is 1.78 bits per heavy atom. The van der Waals surface area contributed by atoms with E-state index >= 15 is 0 Å². The lowest BCUT2D eigenvalue weighted by atomic mass is 9.88. The molecule has 0 spiro atoms. The third-order valence-electron chi connectivity index (χ3n) is 7.32. The predicted molar refractivity (Wildman–Crippen MR) is 152 cm³/mol. The maximum absolute atomic E-state index is 13.7. The number of carbonyl (C=O) groups excluding carboxylic acids is 2. The number of aldehydes is 1. The topological polar surface area (TPSA) is 51.5 Å². The number of nitrogens with zero attached hydrogens (tertiary/aromatic N) is 2. The van der Waals surface area contributed by atoms with Crippen molar-refractivity contribution in [2.75, 3.05) is 26.3 Å². The van der Waals surface area contributed by atoms with Gasteiger partial charge in [-0.2, -0.15) is 0 Å². The number of rotatable bonds is 5. The smallest absolute Gasteiger partial charge is 0.251 e. The minimum Gasteiger partial charge on any atom is -0.380 e. The lowest BCUT2D eigenvalue weighted by Crippen LogP contribution is -2.35. The molecule has 2 aliphatic rings. The van der Waals surface area contributed by atoms with E-state index in [2.05, 4.69) is 62.6 Å². The summed E-state index contributed by atoms with van der Waals surface area (Å²) >= 11 is 0. The second-order valence-corrected chi connectivity index (χ2v) is 9.98. The van der Waals surface area contributed by atoms with Crippen molar-refractivity contribution in [2.24, 2.45) is 0 Å². The van der Waals surface area contributed by atoms with Crippen LogP contribution in [0.5, 0.6) is 0 Å². The Bertz CT molecular complexity index is 1270. The van der Waals surface area contributed by atoms with E-state index in [1.807, 2.05) is 23.1 Å². The number of carbonyl (C=O) groups is 2. The van der Waals surface area contributed by atoms with Crippen LogP contribution in [0.25, 0.3) is 28.2 Å². The number of aromatic nitrogens is 1. The first-order valence-corrected chi connectivity index (χ1v) is 13.9. The number of fused-ring (bicyclic) bond motifs is 5. The fourth-order valence-electron chi connectivity index (χ4n) is 5.56. The van der Waals surface area contributed by atoms with Gasteiger partial charge < -0.3 is 14.2 Å². The Labute approximate surface area is 221 Å². The first-order chi connectivity index (χ1) is 18.1. The number of benzene rings is 2. The Hall–Kier alpha value is -3.18. The Morgan fingerprint density at radius 1 is 1.03 bits per heavy atom. The van der Waals surface area contributed by atoms with Crippen molar-refractivity contribution in [3.8, 4) is 11.3 Å². The molecule has 0 saturated carbocycles. The molecule has 1 aromatic heterocycles. The van der Waals surface area contributed by atoms with Crippen LogP contribution in [0, 0.1) is 0 Å². The predicted octanol–water partition coefficient (Wildman–Crippen LogP) is 7.09. The molecule has 196 valence electrons. The molecule has 1 fully saturated rings. The third kappa shape index (κ3) is 5.42. The Morgan fingerprint density at radius 3 is 2.51 bits per heavy atom. The maximum Gasteiger partial charge on any atom is 0.251 e. The van der Waals surface area contributed by atoms with Crippen LogP contribution in [0.3, 0.4) is 0 Å². The van der Waals surface area contributed by atoms with Crippen LogP contribution in [0.4, 0.5) is 0 Å². The van der Waals surface area contributed by atoms with Gasteiger partial charge in [0, 0.05) is 47.3 Å². The molecule has 2 aliphatic heterocycles. The van der Waals surface area contributed by atoms with Crippen molar-refractivity contribution in [1.29, 1.82) is 0 Å². The van der Waals surface area contributed by atoms with Crippen LogP contribution >= 0.6 is 0 Å². The van der Waals surface area contributed by atoms with E-state index in [0.717, 1.165) is 47.8 Å². The Balaban J connectivity index is 0.00000102. The SMILES string of the molecule is CCC.CCC(CC)c1c2n(c3cc(C=O)ccc13)CC(C(=O)N1CCCOCC1)=Cc1ccccc1-2. The molecule has 3 heterocycles. The zero-order chi connectivity index (χ0) is 26.4. The highest BCUT2D eigenvalue weighted by Gasteiger charge is 2.29. The first kappa shape index (κ1) is 26.9. The summed E-state index contributed by atoms with van der Waals surface area (Å²) in [7, 11) is 0. The number of ether oxygens (including phenoxy) is 1. The monoisotopic (exact) mass is 500 g/mol. The summed E-state index contributed by atoms with van der Waals surface area (Å²) in [6, 6.07) is 14.4. The molecule has 0 radical (unpaired) electrons. The van der Waals surface area contributed by atoms with Gasteiger partial charge in [0.25, 0.3) is 5.91 Å². The zero-order valence-electron chi connectivity index (χ0n) is 22.8. The van der Waals surface area contributed by atoms with Crippen molar-refractivity contribution in [3.63, 3.8) is 0 Å². The largest absolute Gasteiger partial charge is 0.380 e. The van der Waals surface area contributed by atoms with Crippen LogP contribution in [-0.4, -0.2) is 48.0 Å². The lowest BCUT2D eigenvalue weighted by molar-refractivity contribution is -0.127. The van der Waals surface area contributed by atoms with Crippen molar-refractivity contribution < 1.29 is 14.3 Å². The molecule has 0 aliphatic carbocycles. The minimum absolute atomic E-state index is 0.0747. The average Bonchev–Trinajstić information content (AvgIpc) is 3.11. The summed E-state index contributed by atoms with van der Waals surface area (Å²) in [6.07, 6.45) is 7.15. The zero-order valence-corrected chi connectivity index (χ0v) is 22.8. The van der Waals surface area contributed by atoms with Crippen LogP contribution in [0.15, 0.2) is 48.0 Å². The van der Waals surface area contributed by atoms with Gasteiger partial charge in [-0.25, -0.2) is 0 Å². The fourth-order valence-corrected chi connectivity index (χ4v) is 5.56. The van der Waals surface area contributed by atoms with Crippen molar-refractivity contribution >= 4 is 29.2 Å². The van der Waals surface area contributed by atoms with Gasteiger partial charge in [-0.05, 0) is 48.4 Å². The molecule has 37 heavy (non-hydrogen) atoms. The molecular weight excluding hydrogens is 460 g/mol. The van der Waals surface area contributed by atoms with E-state index in [4.69, 9.17) is 4.74 Å².